The SMILES string of the molecule is CCCCOC(=O)CS(=O)(=O)Cc1ccccc1Cl. The first-order valence-corrected chi connectivity index (χ1v) is 8.24. The molecule has 0 heterocycles. The van der Waals surface area contributed by atoms with Crippen molar-refractivity contribution in [1.29, 1.82) is 0 Å². The molecule has 0 bridgehead atoms. The quantitative estimate of drug-likeness (QED) is 0.574. The van der Waals surface area contributed by atoms with Gasteiger partial charge in [0, 0.05) is 5.02 Å². The molecule has 0 radical (unpaired) electrons. The third-order valence-electron chi connectivity index (χ3n) is 2.43. The Kier molecular flexibility index (Phi) is 6.31. The van der Waals surface area contributed by atoms with Gasteiger partial charge in [-0.05, 0) is 18.1 Å². The maximum atomic E-state index is 11.8. The van der Waals surface area contributed by atoms with E-state index in [4.69, 9.17) is 16.3 Å². The van der Waals surface area contributed by atoms with E-state index >= 15 is 0 Å². The number of hydrogen-bond donors (Lipinski definition) is 0. The molecule has 1 aromatic rings. The Hall–Kier alpha value is -1.07. The molecule has 0 fully saturated rings. The second-order valence-electron chi connectivity index (χ2n) is 4.20. The van der Waals surface area contributed by atoms with E-state index in [-0.39, 0.29) is 12.4 Å². The van der Waals surface area contributed by atoms with Crippen molar-refractivity contribution in [2.24, 2.45) is 0 Å². The summed E-state index contributed by atoms with van der Waals surface area (Å²) in [5.74, 6) is -1.57. The summed E-state index contributed by atoms with van der Waals surface area (Å²) in [6.07, 6.45) is 1.62. The van der Waals surface area contributed by atoms with E-state index in [0.29, 0.717) is 10.6 Å². The molecule has 0 N–H and O–H groups in total. The molecule has 1 rings (SSSR count). The Bertz CT molecular complexity index is 525. The van der Waals surface area contributed by atoms with Gasteiger partial charge in [0.1, 0.15) is 5.75 Å². The van der Waals surface area contributed by atoms with Crippen LogP contribution in [0.5, 0.6) is 0 Å². The van der Waals surface area contributed by atoms with Gasteiger partial charge in [-0.1, -0.05) is 43.1 Å². The number of carbonyl (C=O) groups is 1. The van der Waals surface area contributed by atoms with Crippen molar-refractivity contribution >= 4 is 27.4 Å². The molecule has 0 amide bonds. The van der Waals surface area contributed by atoms with Crippen LogP contribution < -0.4 is 0 Å². The lowest BCUT2D eigenvalue weighted by Crippen LogP contribution is -2.20. The van der Waals surface area contributed by atoms with E-state index in [0.717, 1.165) is 12.8 Å². The van der Waals surface area contributed by atoms with Gasteiger partial charge in [-0.3, -0.25) is 4.79 Å². The molecule has 0 spiro atoms. The summed E-state index contributed by atoms with van der Waals surface area (Å²) in [6.45, 7) is 2.22. The number of esters is 1. The fourth-order valence-corrected chi connectivity index (χ4v) is 3.01. The zero-order valence-corrected chi connectivity index (χ0v) is 12.3. The lowest BCUT2D eigenvalue weighted by molar-refractivity contribution is -0.140. The molecule has 0 saturated heterocycles. The minimum atomic E-state index is -3.55. The fourth-order valence-electron chi connectivity index (χ4n) is 1.45. The van der Waals surface area contributed by atoms with Crippen molar-refractivity contribution < 1.29 is 17.9 Å². The van der Waals surface area contributed by atoms with Gasteiger partial charge in [-0.15, -0.1) is 0 Å². The zero-order chi connectivity index (χ0) is 14.3. The number of rotatable bonds is 7. The van der Waals surface area contributed by atoms with E-state index in [9.17, 15) is 13.2 Å². The molecule has 0 aliphatic carbocycles. The van der Waals surface area contributed by atoms with Crippen LogP contribution in [0.2, 0.25) is 5.02 Å². The van der Waals surface area contributed by atoms with Crippen molar-refractivity contribution in [3.05, 3.63) is 34.9 Å². The molecule has 0 saturated carbocycles. The molecule has 19 heavy (non-hydrogen) atoms. The Morgan fingerprint density at radius 3 is 2.63 bits per heavy atom. The predicted octanol–water partition coefficient (Wildman–Crippen LogP) is 2.60. The van der Waals surface area contributed by atoms with Crippen LogP contribution in [0.1, 0.15) is 25.3 Å². The molecule has 0 atom stereocenters. The lowest BCUT2D eigenvalue weighted by atomic mass is 10.2. The molecule has 6 heteroatoms. The second kappa shape index (κ2) is 7.50. The zero-order valence-electron chi connectivity index (χ0n) is 10.8. The van der Waals surface area contributed by atoms with Crippen molar-refractivity contribution in [3.63, 3.8) is 0 Å². The summed E-state index contributed by atoms with van der Waals surface area (Å²) < 4.78 is 28.5. The summed E-state index contributed by atoms with van der Waals surface area (Å²) in [5.41, 5.74) is 0.491. The number of carbonyl (C=O) groups excluding carboxylic acids is 1. The van der Waals surface area contributed by atoms with Crippen LogP contribution in [-0.2, 0) is 25.1 Å². The predicted molar refractivity (Wildman–Crippen MR) is 74.8 cm³/mol. The van der Waals surface area contributed by atoms with Crippen LogP contribution in [0.25, 0.3) is 0 Å². The van der Waals surface area contributed by atoms with Gasteiger partial charge in [0.05, 0.1) is 12.4 Å². The molecule has 106 valence electrons. The summed E-state index contributed by atoms with van der Waals surface area (Å²) in [6, 6.07) is 6.67. The minimum Gasteiger partial charge on any atom is -0.465 e. The first-order chi connectivity index (χ1) is 8.94. The molecule has 0 aliphatic heterocycles. The highest BCUT2D eigenvalue weighted by atomic mass is 35.5. The number of benzene rings is 1. The minimum absolute atomic E-state index is 0.254. The normalized spacial score (nSPS) is 11.3. The first kappa shape index (κ1) is 16.0. The highest BCUT2D eigenvalue weighted by Gasteiger charge is 2.19. The van der Waals surface area contributed by atoms with Crippen molar-refractivity contribution in [1.82, 2.24) is 0 Å². The number of hydrogen-bond acceptors (Lipinski definition) is 4. The van der Waals surface area contributed by atoms with Crippen LogP contribution in [0.4, 0.5) is 0 Å². The third-order valence-corrected chi connectivity index (χ3v) is 4.23. The fraction of sp³-hybridized carbons (Fsp3) is 0.462. The maximum absolute atomic E-state index is 11.8. The van der Waals surface area contributed by atoms with E-state index < -0.39 is 21.6 Å². The Balaban J connectivity index is 2.57. The van der Waals surface area contributed by atoms with Crippen molar-refractivity contribution in [2.45, 2.75) is 25.5 Å². The number of ether oxygens (including phenoxy) is 1. The number of sulfone groups is 1. The van der Waals surface area contributed by atoms with Gasteiger partial charge in [0.15, 0.2) is 9.84 Å². The molecule has 1 aromatic carbocycles. The van der Waals surface area contributed by atoms with Crippen LogP contribution in [-0.4, -0.2) is 26.7 Å². The van der Waals surface area contributed by atoms with Gasteiger partial charge < -0.3 is 4.74 Å². The first-order valence-electron chi connectivity index (χ1n) is 6.04. The topological polar surface area (TPSA) is 60.4 Å². The average molecular weight is 305 g/mol. The maximum Gasteiger partial charge on any atom is 0.321 e. The lowest BCUT2D eigenvalue weighted by Gasteiger charge is -2.06. The Morgan fingerprint density at radius 1 is 1.32 bits per heavy atom. The third kappa shape index (κ3) is 6.07. The van der Waals surface area contributed by atoms with Crippen molar-refractivity contribution in [3.8, 4) is 0 Å². The Labute approximate surface area is 118 Å². The second-order valence-corrected chi connectivity index (χ2v) is 6.67. The molecule has 0 aliphatic rings. The number of halogens is 1. The van der Waals surface area contributed by atoms with E-state index in [1.165, 1.54) is 0 Å². The van der Waals surface area contributed by atoms with E-state index in [2.05, 4.69) is 0 Å². The standard InChI is InChI=1S/C13H17ClO4S/c1-2-3-8-18-13(15)10-19(16,17)9-11-6-4-5-7-12(11)14/h4-7H,2-3,8-10H2,1H3. The van der Waals surface area contributed by atoms with Gasteiger partial charge in [0.25, 0.3) is 0 Å². The monoisotopic (exact) mass is 304 g/mol. The molecule has 0 aromatic heterocycles. The van der Waals surface area contributed by atoms with Gasteiger partial charge in [-0.25, -0.2) is 8.42 Å². The highest BCUT2D eigenvalue weighted by molar-refractivity contribution is 7.91. The highest BCUT2D eigenvalue weighted by Crippen LogP contribution is 2.18. The average Bonchev–Trinajstić information content (AvgIpc) is 2.31. The number of unbranched alkanes of at least 4 members (excludes halogenated alkanes) is 1. The van der Waals surface area contributed by atoms with E-state index in [1.807, 2.05) is 6.92 Å². The van der Waals surface area contributed by atoms with Crippen LogP contribution in [0.3, 0.4) is 0 Å². The molecular formula is C13H17ClO4S. The van der Waals surface area contributed by atoms with Crippen LogP contribution in [0, 0.1) is 0 Å². The van der Waals surface area contributed by atoms with Gasteiger partial charge >= 0.3 is 5.97 Å². The van der Waals surface area contributed by atoms with Crippen LogP contribution >= 0.6 is 11.6 Å². The van der Waals surface area contributed by atoms with Crippen molar-refractivity contribution in [2.75, 3.05) is 12.4 Å². The summed E-state index contributed by atoms with van der Waals surface area (Å²) in [7, 11) is -3.55. The smallest absolute Gasteiger partial charge is 0.321 e. The summed E-state index contributed by atoms with van der Waals surface area (Å²) in [4.78, 5) is 11.4. The molecular weight excluding hydrogens is 288 g/mol. The van der Waals surface area contributed by atoms with E-state index in [1.54, 1.807) is 24.3 Å². The van der Waals surface area contributed by atoms with Gasteiger partial charge in [0.2, 0.25) is 0 Å². The van der Waals surface area contributed by atoms with Crippen LogP contribution in [0.15, 0.2) is 24.3 Å². The molecule has 4 nitrogen and oxygen atoms in total. The summed E-state index contributed by atoms with van der Waals surface area (Å²) in [5, 5.41) is 0.380. The Morgan fingerprint density at radius 2 is 2.00 bits per heavy atom. The summed E-state index contributed by atoms with van der Waals surface area (Å²) >= 11 is 5.89. The van der Waals surface area contributed by atoms with Gasteiger partial charge in [-0.2, -0.15) is 0 Å². The molecule has 0 unspecified atom stereocenters. The largest absolute Gasteiger partial charge is 0.465 e.